The molecule has 0 N–H and O–H groups in total. The summed E-state index contributed by atoms with van der Waals surface area (Å²) in [4.78, 5) is 36.7. The second kappa shape index (κ2) is 5.90. The summed E-state index contributed by atoms with van der Waals surface area (Å²) in [6.45, 7) is 9.26. The van der Waals surface area contributed by atoms with Crippen LogP contribution in [0, 0.1) is 11.3 Å². The summed E-state index contributed by atoms with van der Waals surface area (Å²) in [6, 6.07) is 0. The lowest BCUT2D eigenvalue weighted by atomic mass is 9.74. The van der Waals surface area contributed by atoms with E-state index in [1.807, 2.05) is 5.94 Å². The van der Waals surface area contributed by atoms with Crippen molar-refractivity contribution in [2.24, 2.45) is 11.3 Å². The maximum Gasteiger partial charge on any atom is 0.410 e. The van der Waals surface area contributed by atoms with Crippen LogP contribution < -0.4 is 0 Å². The van der Waals surface area contributed by atoms with Gasteiger partial charge in [-0.3, -0.25) is 4.79 Å². The predicted molar refractivity (Wildman–Crippen MR) is 76.3 cm³/mol. The Bertz CT molecular complexity index is 483. The molecule has 0 aliphatic carbocycles. The van der Waals surface area contributed by atoms with Crippen molar-refractivity contribution in [1.82, 2.24) is 4.90 Å². The number of nitrogens with zero attached hydrogens (tertiary/aromatic N) is 1. The third-order valence-corrected chi connectivity index (χ3v) is 3.31. The zero-order chi connectivity index (χ0) is 16.4. The van der Waals surface area contributed by atoms with Crippen molar-refractivity contribution in [3.63, 3.8) is 0 Å². The average molecular weight is 297 g/mol. The molecule has 21 heavy (non-hydrogen) atoms. The Balaban J connectivity index is 3.05. The van der Waals surface area contributed by atoms with Crippen molar-refractivity contribution >= 4 is 18.0 Å². The highest BCUT2D eigenvalue weighted by molar-refractivity contribution is 5.82. The number of carbonyl (C=O) groups is 2. The Hall–Kier alpha value is -1.81. The van der Waals surface area contributed by atoms with Gasteiger partial charge in [-0.25, -0.2) is 9.59 Å². The molecule has 1 heterocycles. The number of carbonyl (C=O) groups excluding carboxylic acids is 3. The highest BCUT2D eigenvalue weighted by Crippen LogP contribution is 2.37. The highest BCUT2D eigenvalue weighted by Gasteiger charge is 2.44. The van der Waals surface area contributed by atoms with Crippen molar-refractivity contribution in [1.29, 1.82) is 0 Å². The minimum Gasteiger partial charge on any atom is -0.468 e. The summed E-state index contributed by atoms with van der Waals surface area (Å²) in [7, 11) is 1.25. The van der Waals surface area contributed by atoms with Crippen molar-refractivity contribution in [2.45, 2.75) is 40.2 Å². The average Bonchev–Trinajstić information content (AvgIpc) is 2.33. The number of rotatable bonds is 1. The summed E-state index contributed by atoms with van der Waals surface area (Å²) < 4.78 is 10.1. The second-order valence-electron chi connectivity index (χ2n) is 6.84. The second-order valence-corrected chi connectivity index (χ2v) is 6.84. The lowest BCUT2D eigenvalue weighted by Crippen LogP contribution is -2.52. The fraction of sp³-hybridized carbons (Fsp3) is 0.733. The van der Waals surface area contributed by atoms with E-state index in [2.05, 4.69) is 0 Å². The van der Waals surface area contributed by atoms with Gasteiger partial charge in [0.05, 0.1) is 7.11 Å². The molecule has 1 aliphatic heterocycles. The number of esters is 1. The van der Waals surface area contributed by atoms with E-state index in [0.717, 1.165) is 0 Å². The van der Waals surface area contributed by atoms with Crippen LogP contribution in [-0.4, -0.2) is 48.7 Å². The molecule has 1 amide bonds. The van der Waals surface area contributed by atoms with E-state index in [1.54, 1.807) is 34.6 Å². The van der Waals surface area contributed by atoms with Crippen LogP contribution in [-0.2, 0) is 19.1 Å². The van der Waals surface area contributed by atoms with Crippen LogP contribution in [0.3, 0.4) is 0 Å². The molecule has 0 bridgehead atoms. The fourth-order valence-corrected chi connectivity index (χ4v) is 2.42. The van der Waals surface area contributed by atoms with Crippen LogP contribution in [0.25, 0.3) is 0 Å². The van der Waals surface area contributed by atoms with Crippen molar-refractivity contribution in [3.05, 3.63) is 5.57 Å². The van der Waals surface area contributed by atoms with Gasteiger partial charge in [0.15, 0.2) is 0 Å². The first-order chi connectivity index (χ1) is 9.51. The largest absolute Gasteiger partial charge is 0.468 e. The first-order valence-corrected chi connectivity index (χ1v) is 6.83. The zero-order valence-electron chi connectivity index (χ0n) is 13.5. The maximum atomic E-state index is 12.2. The van der Waals surface area contributed by atoms with E-state index >= 15 is 0 Å². The van der Waals surface area contributed by atoms with Crippen molar-refractivity contribution in [3.8, 4) is 0 Å². The fourth-order valence-electron chi connectivity index (χ4n) is 2.42. The SMILES string of the molecule is COC(=O)C1CN(C(=O)OC(C)(C)C)CC(C)(C)C1=C=O. The summed E-state index contributed by atoms with van der Waals surface area (Å²) in [6.07, 6.45) is -0.505. The highest BCUT2D eigenvalue weighted by atomic mass is 16.6. The van der Waals surface area contributed by atoms with Crippen LogP contribution in [0.15, 0.2) is 5.57 Å². The minimum atomic E-state index is -0.802. The quantitative estimate of drug-likeness (QED) is 0.545. The van der Waals surface area contributed by atoms with E-state index in [1.165, 1.54) is 12.0 Å². The summed E-state index contributed by atoms with van der Waals surface area (Å²) in [5.74, 6) is 0.506. The number of hydrogen-bond donors (Lipinski definition) is 0. The van der Waals surface area contributed by atoms with E-state index in [4.69, 9.17) is 9.47 Å². The van der Waals surface area contributed by atoms with Gasteiger partial charge in [0.1, 0.15) is 17.5 Å². The van der Waals surface area contributed by atoms with Crippen molar-refractivity contribution < 1.29 is 23.9 Å². The molecule has 118 valence electrons. The van der Waals surface area contributed by atoms with Gasteiger partial charge >= 0.3 is 12.1 Å². The predicted octanol–water partition coefficient (Wildman–Crippen LogP) is 1.81. The molecule has 0 spiro atoms. The van der Waals surface area contributed by atoms with E-state index in [-0.39, 0.29) is 6.54 Å². The monoisotopic (exact) mass is 297 g/mol. The lowest BCUT2D eigenvalue weighted by molar-refractivity contribution is -0.145. The summed E-state index contributed by atoms with van der Waals surface area (Å²) in [5, 5.41) is 0. The molecule has 6 nitrogen and oxygen atoms in total. The molecule has 0 aromatic rings. The molecule has 0 saturated carbocycles. The van der Waals surface area contributed by atoms with Gasteiger partial charge < -0.3 is 14.4 Å². The van der Waals surface area contributed by atoms with Crippen molar-refractivity contribution in [2.75, 3.05) is 20.2 Å². The molecule has 1 atom stereocenters. The topological polar surface area (TPSA) is 72.9 Å². The molecule has 1 fully saturated rings. The molecular weight excluding hydrogens is 274 g/mol. The van der Waals surface area contributed by atoms with Gasteiger partial charge in [0.25, 0.3) is 0 Å². The van der Waals surface area contributed by atoms with Crippen LogP contribution in [0.5, 0.6) is 0 Å². The van der Waals surface area contributed by atoms with Crippen LogP contribution >= 0.6 is 0 Å². The molecule has 0 aromatic heterocycles. The third kappa shape index (κ3) is 4.08. The summed E-state index contributed by atoms with van der Waals surface area (Å²) >= 11 is 0. The molecule has 0 aromatic carbocycles. The first kappa shape index (κ1) is 17.2. The van der Waals surface area contributed by atoms with Gasteiger partial charge in [-0.15, -0.1) is 0 Å². The van der Waals surface area contributed by atoms with E-state index in [9.17, 15) is 14.4 Å². The number of amides is 1. The molecule has 1 unspecified atom stereocenters. The normalized spacial score (nSPS) is 21.5. The maximum absolute atomic E-state index is 12.2. The number of methoxy groups -OCH3 is 1. The van der Waals surface area contributed by atoms with E-state index in [0.29, 0.717) is 12.1 Å². The molecule has 1 aliphatic rings. The Morgan fingerprint density at radius 1 is 1.33 bits per heavy atom. The van der Waals surface area contributed by atoms with E-state index < -0.39 is 29.0 Å². The standard InChI is InChI=1S/C15H23NO5/c1-14(2,3)21-13(19)16-7-10(12(18)20-6)11(8-17)15(4,5)9-16/h10H,7,9H2,1-6H3. The Morgan fingerprint density at radius 3 is 2.33 bits per heavy atom. The molecule has 1 rings (SSSR count). The van der Waals surface area contributed by atoms with Crippen LogP contribution in [0.4, 0.5) is 4.79 Å². The van der Waals surface area contributed by atoms with Gasteiger partial charge in [-0.05, 0) is 20.8 Å². The molecule has 6 heteroatoms. The molecular formula is C15H23NO5. The Morgan fingerprint density at radius 2 is 1.90 bits per heavy atom. The lowest BCUT2D eigenvalue weighted by Gasteiger charge is -2.42. The van der Waals surface area contributed by atoms with Crippen LogP contribution in [0.2, 0.25) is 0 Å². The van der Waals surface area contributed by atoms with Crippen LogP contribution in [0.1, 0.15) is 34.6 Å². The number of ether oxygens (including phenoxy) is 2. The van der Waals surface area contributed by atoms with Gasteiger partial charge in [0.2, 0.25) is 0 Å². The van der Waals surface area contributed by atoms with Gasteiger partial charge in [0, 0.05) is 24.1 Å². The molecule has 0 radical (unpaired) electrons. The zero-order valence-corrected chi connectivity index (χ0v) is 13.5. The summed E-state index contributed by atoms with van der Waals surface area (Å²) in [5.41, 5.74) is -0.951. The number of hydrogen-bond acceptors (Lipinski definition) is 5. The Kier molecular flexibility index (Phi) is 4.84. The number of piperidine rings is 1. The first-order valence-electron chi connectivity index (χ1n) is 6.83. The van der Waals surface area contributed by atoms with Gasteiger partial charge in [-0.1, -0.05) is 13.8 Å². The van der Waals surface area contributed by atoms with Gasteiger partial charge in [-0.2, -0.15) is 0 Å². The minimum absolute atomic E-state index is 0.0651. The number of likely N-dealkylation sites (tertiary alicyclic amines) is 1. The Labute approximate surface area is 125 Å². The molecule has 1 saturated heterocycles. The third-order valence-electron chi connectivity index (χ3n) is 3.31. The smallest absolute Gasteiger partial charge is 0.410 e.